The molecule has 2 aromatic carbocycles. The lowest BCUT2D eigenvalue weighted by Gasteiger charge is -2.10. The molecule has 0 amide bonds. The van der Waals surface area contributed by atoms with Crippen LogP contribution in [0.5, 0.6) is 0 Å². The molecule has 5 nitrogen and oxygen atoms in total. The van der Waals surface area contributed by atoms with Gasteiger partial charge in [-0.25, -0.2) is 9.78 Å². The van der Waals surface area contributed by atoms with Gasteiger partial charge in [-0.2, -0.15) is 0 Å². The Morgan fingerprint density at radius 1 is 1.00 bits per heavy atom. The van der Waals surface area contributed by atoms with Crippen LogP contribution in [0, 0.1) is 0 Å². The number of ketones is 1. The molecule has 4 aromatic rings. The number of rotatable bonds is 5. The maximum absolute atomic E-state index is 12.8. The summed E-state index contributed by atoms with van der Waals surface area (Å²) in [6.07, 6.45) is 1.65. The number of aromatic nitrogens is 2. The van der Waals surface area contributed by atoms with Gasteiger partial charge in [-0.05, 0) is 36.4 Å². The lowest BCUT2D eigenvalue weighted by molar-refractivity contribution is 0.0475. The van der Waals surface area contributed by atoms with Gasteiger partial charge in [0, 0.05) is 21.6 Å². The number of aromatic amines is 1. The third-order valence-corrected chi connectivity index (χ3v) is 4.84. The van der Waals surface area contributed by atoms with Crippen molar-refractivity contribution in [2.45, 2.75) is 0 Å². The summed E-state index contributed by atoms with van der Waals surface area (Å²) >= 11 is 3.42. The zero-order valence-corrected chi connectivity index (χ0v) is 16.3. The van der Waals surface area contributed by atoms with Crippen LogP contribution in [0.25, 0.3) is 22.2 Å². The summed E-state index contributed by atoms with van der Waals surface area (Å²) in [4.78, 5) is 32.3. The number of esters is 1. The molecule has 0 saturated carbocycles. The van der Waals surface area contributed by atoms with Gasteiger partial charge in [0.1, 0.15) is 0 Å². The first-order chi connectivity index (χ1) is 13.6. The Kier molecular flexibility index (Phi) is 5.04. The van der Waals surface area contributed by atoms with Crippen molar-refractivity contribution in [1.29, 1.82) is 0 Å². The molecule has 28 heavy (non-hydrogen) atoms. The molecule has 0 aliphatic rings. The summed E-state index contributed by atoms with van der Waals surface area (Å²) < 4.78 is 6.25. The number of hydrogen-bond donors (Lipinski definition) is 1. The zero-order valence-electron chi connectivity index (χ0n) is 14.7. The van der Waals surface area contributed by atoms with Gasteiger partial charge in [0.2, 0.25) is 5.78 Å². The molecule has 0 aliphatic carbocycles. The highest BCUT2D eigenvalue weighted by molar-refractivity contribution is 9.10. The second kappa shape index (κ2) is 7.78. The predicted molar refractivity (Wildman–Crippen MR) is 110 cm³/mol. The van der Waals surface area contributed by atoms with Gasteiger partial charge in [0.25, 0.3) is 0 Å². The van der Waals surface area contributed by atoms with Crippen molar-refractivity contribution in [3.05, 3.63) is 88.7 Å². The molecule has 1 N–H and O–H groups in total. The normalized spacial score (nSPS) is 10.8. The summed E-state index contributed by atoms with van der Waals surface area (Å²) in [5.41, 5.74) is 3.01. The van der Waals surface area contributed by atoms with Gasteiger partial charge in [-0.15, -0.1) is 0 Å². The van der Waals surface area contributed by atoms with E-state index in [4.69, 9.17) is 4.74 Å². The van der Waals surface area contributed by atoms with Crippen LogP contribution >= 0.6 is 15.9 Å². The highest BCUT2D eigenvalue weighted by Crippen LogP contribution is 2.26. The zero-order chi connectivity index (χ0) is 19.5. The fourth-order valence-corrected chi connectivity index (χ4v) is 3.17. The van der Waals surface area contributed by atoms with E-state index in [1.165, 1.54) is 0 Å². The van der Waals surface area contributed by atoms with Gasteiger partial charge >= 0.3 is 5.97 Å². The van der Waals surface area contributed by atoms with Crippen molar-refractivity contribution in [3.8, 4) is 11.3 Å². The van der Waals surface area contributed by atoms with E-state index >= 15 is 0 Å². The first-order valence-electron chi connectivity index (χ1n) is 8.61. The second-order valence-electron chi connectivity index (χ2n) is 6.16. The van der Waals surface area contributed by atoms with Crippen LogP contribution in [0.3, 0.4) is 0 Å². The number of H-pyrrole nitrogens is 1. The summed E-state index contributed by atoms with van der Waals surface area (Å²) in [5, 5.41) is 0.681. The number of pyridine rings is 1. The van der Waals surface area contributed by atoms with Crippen molar-refractivity contribution in [2.75, 3.05) is 6.61 Å². The number of halogens is 1. The molecule has 2 aromatic heterocycles. The number of Topliss-reactive ketones (excluding diaryl/α,β-unsaturated/α-hetero) is 1. The van der Waals surface area contributed by atoms with Gasteiger partial charge in [0.15, 0.2) is 6.61 Å². The number of carbonyl (C=O) groups is 2. The van der Waals surface area contributed by atoms with E-state index in [0.717, 1.165) is 10.0 Å². The summed E-state index contributed by atoms with van der Waals surface area (Å²) in [7, 11) is 0. The minimum Gasteiger partial charge on any atom is -0.454 e. The highest BCUT2D eigenvalue weighted by Gasteiger charge is 2.17. The quantitative estimate of drug-likeness (QED) is 0.353. The van der Waals surface area contributed by atoms with E-state index in [0.29, 0.717) is 27.9 Å². The number of carbonyl (C=O) groups excluding carboxylic acids is 2. The van der Waals surface area contributed by atoms with Gasteiger partial charge in [0.05, 0.1) is 22.5 Å². The lowest BCUT2D eigenvalue weighted by Crippen LogP contribution is -2.15. The van der Waals surface area contributed by atoms with E-state index < -0.39 is 5.97 Å². The Bertz CT molecular complexity index is 1150. The Morgan fingerprint density at radius 3 is 2.54 bits per heavy atom. The topological polar surface area (TPSA) is 72.1 Å². The van der Waals surface area contributed by atoms with E-state index in [1.54, 1.807) is 24.4 Å². The number of benzene rings is 2. The fraction of sp³-hybridized carbons (Fsp3) is 0.0455. The molecule has 6 heteroatoms. The Hall–Kier alpha value is -3.25. The molecule has 0 saturated heterocycles. The second-order valence-corrected chi connectivity index (χ2v) is 7.08. The molecule has 2 heterocycles. The summed E-state index contributed by atoms with van der Waals surface area (Å²) in [6.45, 7) is -0.330. The van der Waals surface area contributed by atoms with Crippen molar-refractivity contribution in [1.82, 2.24) is 9.97 Å². The molecule has 0 aliphatic heterocycles. The van der Waals surface area contributed by atoms with E-state index in [9.17, 15) is 9.59 Å². The molecule has 0 radical (unpaired) electrons. The van der Waals surface area contributed by atoms with E-state index in [-0.39, 0.29) is 12.4 Å². The Balaban J connectivity index is 1.67. The van der Waals surface area contributed by atoms with E-state index in [2.05, 4.69) is 25.9 Å². The minimum absolute atomic E-state index is 0.287. The van der Waals surface area contributed by atoms with Crippen molar-refractivity contribution < 1.29 is 14.3 Å². The molecular formula is C22H15BrN2O3. The summed E-state index contributed by atoms with van der Waals surface area (Å²) in [6, 6.07) is 20.1. The fourth-order valence-electron chi connectivity index (χ4n) is 2.90. The van der Waals surface area contributed by atoms with Crippen LogP contribution < -0.4 is 0 Å². The van der Waals surface area contributed by atoms with Crippen molar-refractivity contribution >= 4 is 38.6 Å². The van der Waals surface area contributed by atoms with Gasteiger partial charge in [-0.1, -0.05) is 46.3 Å². The Morgan fingerprint density at radius 2 is 1.79 bits per heavy atom. The maximum Gasteiger partial charge on any atom is 0.339 e. The van der Waals surface area contributed by atoms with Crippen LogP contribution in [0.4, 0.5) is 0 Å². The first-order valence-corrected chi connectivity index (χ1v) is 9.40. The average Bonchev–Trinajstić information content (AvgIpc) is 3.26. The van der Waals surface area contributed by atoms with Crippen LogP contribution in [0.15, 0.2) is 77.4 Å². The molecule has 0 spiro atoms. The number of fused-ring (bicyclic) bond motifs is 1. The summed E-state index contributed by atoms with van der Waals surface area (Å²) in [5.74, 6) is -0.846. The number of ether oxygens (including phenoxy) is 1. The monoisotopic (exact) mass is 434 g/mol. The highest BCUT2D eigenvalue weighted by atomic mass is 79.9. The Labute approximate surface area is 169 Å². The SMILES string of the molecule is O=C(COC(=O)c1cc(-c2ccc(Br)cc2)nc2ccccc12)c1ccc[nH]1. The van der Waals surface area contributed by atoms with Crippen molar-refractivity contribution in [3.63, 3.8) is 0 Å². The number of nitrogens with one attached hydrogen (secondary N) is 1. The van der Waals surface area contributed by atoms with Crippen molar-refractivity contribution in [2.24, 2.45) is 0 Å². The molecular weight excluding hydrogens is 420 g/mol. The predicted octanol–water partition coefficient (Wildman–Crippen LogP) is 5.03. The van der Waals surface area contributed by atoms with Crippen LogP contribution in [-0.2, 0) is 4.74 Å². The molecule has 4 rings (SSSR count). The third kappa shape index (κ3) is 3.73. The number of nitrogens with zero attached hydrogens (tertiary/aromatic N) is 1. The van der Waals surface area contributed by atoms with Crippen LogP contribution in [-0.4, -0.2) is 28.3 Å². The molecule has 138 valence electrons. The van der Waals surface area contributed by atoms with Crippen LogP contribution in [0.2, 0.25) is 0 Å². The molecule has 0 fully saturated rings. The lowest BCUT2D eigenvalue weighted by atomic mass is 10.0. The van der Waals surface area contributed by atoms with E-state index in [1.807, 2.05) is 48.5 Å². The molecule has 0 atom stereocenters. The maximum atomic E-state index is 12.8. The number of para-hydroxylation sites is 1. The van der Waals surface area contributed by atoms with Crippen LogP contribution in [0.1, 0.15) is 20.8 Å². The van der Waals surface area contributed by atoms with Gasteiger partial charge in [-0.3, -0.25) is 4.79 Å². The molecule has 0 bridgehead atoms. The largest absolute Gasteiger partial charge is 0.454 e. The average molecular weight is 435 g/mol. The first kappa shape index (κ1) is 18.1. The third-order valence-electron chi connectivity index (χ3n) is 4.31. The standard InChI is InChI=1S/C22H15BrN2O3/c23-15-9-7-14(8-10-15)20-12-17(16-4-1-2-5-18(16)25-20)22(27)28-13-21(26)19-6-3-11-24-19/h1-12,24H,13H2. The smallest absolute Gasteiger partial charge is 0.339 e. The molecule has 0 unspecified atom stereocenters. The minimum atomic E-state index is -0.558. The van der Waals surface area contributed by atoms with Gasteiger partial charge < -0.3 is 9.72 Å². The number of hydrogen-bond acceptors (Lipinski definition) is 4.